The average molecular weight is 342 g/mol. The van der Waals surface area contributed by atoms with Crippen LogP contribution in [0.5, 0.6) is 0 Å². The fourth-order valence-corrected chi connectivity index (χ4v) is 2.99. The molecule has 1 aliphatic heterocycles. The predicted octanol–water partition coefficient (Wildman–Crippen LogP) is 2.90. The molecule has 1 aliphatic rings. The van der Waals surface area contributed by atoms with E-state index < -0.39 is 0 Å². The second kappa shape index (κ2) is 7.17. The van der Waals surface area contributed by atoms with Crippen LogP contribution in [0.2, 0.25) is 0 Å². The highest BCUT2D eigenvalue weighted by molar-refractivity contribution is 5.78. The number of hydrogen-bond acceptors (Lipinski definition) is 4. The molecule has 1 aromatic heterocycles. The van der Waals surface area contributed by atoms with Gasteiger partial charge >= 0.3 is 0 Å². The van der Waals surface area contributed by atoms with E-state index in [1.807, 2.05) is 31.7 Å². The number of aryl methyl sites for hydroxylation is 1. The zero-order valence-corrected chi connectivity index (χ0v) is 14.9. The van der Waals surface area contributed by atoms with Crippen LogP contribution in [0.15, 0.2) is 30.3 Å². The molecule has 0 atom stereocenters. The number of carbonyl (C=O) groups excluding carboxylic acids is 1. The first kappa shape index (κ1) is 17.3. The normalized spacial score (nSPS) is 14.9. The molecule has 1 aromatic carbocycles. The molecule has 1 saturated heterocycles. The van der Waals surface area contributed by atoms with Gasteiger partial charge in [-0.1, -0.05) is 26.0 Å². The zero-order valence-electron chi connectivity index (χ0n) is 14.9. The minimum absolute atomic E-state index is 0.0208. The van der Waals surface area contributed by atoms with Crippen molar-refractivity contribution in [3.05, 3.63) is 41.8 Å². The molecule has 1 fully saturated rings. The predicted molar refractivity (Wildman–Crippen MR) is 95.8 cm³/mol. The third-order valence-corrected chi connectivity index (χ3v) is 4.33. The summed E-state index contributed by atoms with van der Waals surface area (Å²) in [6, 6.07) is 8.25. The Hall–Kier alpha value is -2.50. The van der Waals surface area contributed by atoms with Gasteiger partial charge in [0.25, 0.3) is 0 Å². The Morgan fingerprint density at radius 3 is 2.48 bits per heavy atom. The number of anilines is 1. The highest BCUT2D eigenvalue weighted by Crippen LogP contribution is 2.22. The van der Waals surface area contributed by atoms with Gasteiger partial charge in [0, 0.05) is 49.4 Å². The lowest BCUT2D eigenvalue weighted by Crippen LogP contribution is -2.50. The minimum atomic E-state index is -0.301. The molecule has 1 amide bonds. The van der Waals surface area contributed by atoms with Crippen LogP contribution in [0.3, 0.4) is 0 Å². The van der Waals surface area contributed by atoms with Crippen LogP contribution in [0.25, 0.3) is 11.4 Å². The number of carbonyl (C=O) groups is 1. The maximum absolute atomic E-state index is 13.5. The molecular formula is C19H23FN4O. The molecule has 0 N–H and O–H groups in total. The molecule has 0 radical (unpaired) electrons. The van der Waals surface area contributed by atoms with Gasteiger partial charge in [-0.3, -0.25) is 4.79 Å². The second-order valence-electron chi connectivity index (χ2n) is 6.67. The Bertz CT molecular complexity index is 770. The molecule has 2 heterocycles. The average Bonchev–Trinajstić information content (AvgIpc) is 2.60. The van der Waals surface area contributed by atoms with Gasteiger partial charge in [-0.05, 0) is 19.1 Å². The van der Waals surface area contributed by atoms with Gasteiger partial charge < -0.3 is 9.80 Å². The summed E-state index contributed by atoms with van der Waals surface area (Å²) in [5, 5.41) is 0. The molecule has 6 heteroatoms. The summed E-state index contributed by atoms with van der Waals surface area (Å²) in [5.41, 5.74) is 1.50. The van der Waals surface area contributed by atoms with Crippen LogP contribution in [0, 0.1) is 18.7 Å². The SMILES string of the molecule is Cc1cc(N2CCN(C(=O)C(C)C)CC2)nc(-c2cccc(F)c2)n1. The van der Waals surface area contributed by atoms with E-state index in [4.69, 9.17) is 0 Å². The van der Waals surface area contributed by atoms with Gasteiger partial charge in [0.15, 0.2) is 5.82 Å². The summed E-state index contributed by atoms with van der Waals surface area (Å²) in [7, 11) is 0. The smallest absolute Gasteiger partial charge is 0.225 e. The van der Waals surface area contributed by atoms with Crippen LogP contribution in [-0.4, -0.2) is 47.0 Å². The summed E-state index contributed by atoms with van der Waals surface area (Å²) in [4.78, 5) is 25.2. The quantitative estimate of drug-likeness (QED) is 0.861. The topological polar surface area (TPSA) is 49.3 Å². The van der Waals surface area contributed by atoms with Crippen molar-refractivity contribution in [3.63, 3.8) is 0 Å². The van der Waals surface area contributed by atoms with Gasteiger partial charge in [0.1, 0.15) is 11.6 Å². The molecule has 0 spiro atoms. The number of hydrogen-bond donors (Lipinski definition) is 0. The Kier molecular flexibility index (Phi) is 4.97. The number of halogens is 1. The van der Waals surface area contributed by atoms with Crippen LogP contribution in [0.1, 0.15) is 19.5 Å². The van der Waals surface area contributed by atoms with Crippen LogP contribution >= 0.6 is 0 Å². The van der Waals surface area contributed by atoms with Crippen molar-refractivity contribution in [3.8, 4) is 11.4 Å². The largest absolute Gasteiger partial charge is 0.353 e. The molecule has 25 heavy (non-hydrogen) atoms. The first-order valence-corrected chi connectivity index (χ1v) is 8.59. The van der Waals surface area contributed by atoms with Gasteiger partial charge in [-0.15, -0.1) is 0 Å². The number of nitrogens with zero attached hydrogens (tertiary/aromatic N) is 4. The highest BCUT2D eigenvalue weighted by atomic mass is 19.1. The van der Waals surface area contributed by atoms with Crippen LogP contribution in [0.4, 0.5) is 10.2 Å². The van der Waals surface area contributed by atoms with E-state index in [9.17, 15) is 9.18 Å². The second-order valence-corrected chi connectivity index (χ2v) is 6.67. The Labute approximate surface area is 147 Å². The molecule has 3 rings (SSSR count). The summed E-state index contributed by atoms with van der Waals surface area (Å²) in [6.07, 6.45) is 0. The van der Waals surface area contributed by atoms with E-state index in [-0.39, 0.29) is 17.6 Å². The van der Waals surface area contributed by atoms with E-state index in [2.05, 4.69) is 14.9 Å². The number of aromatic nitrogens is 2. The van der Waals surface area contributed by atoms with E-state index >= 15 is 0 Å². The summed E-state index contributed by atoms with van der Waals surface area (Å²) in [5.74, 6) is 1.26. The van der Waals surface area contributed by atoms with E-state index in [1.165, 1.54) is 12.1 Å². The minimum Gasteiger partial charge on any atom is -0.353 e. The Balaban J connectivity index is 1.79. The first-order chi connectivity index (χ1) is 11.9. The van der Waals surface area contributed by atoms with Gasteiger partial charge in [-0.2, -0.15) is 0 Å². The lowest BCUT2D eigenvalue weighted by atomic mass is 10.1. The number of amides is 1. The maximum atomic E-state index is 13.5. The molecular weight excluding hydrogens is 319 g/mol. The van der Waals surface area contributed by atoms with Crippen molar-refractivity contribution in [1.82, 2.24) is 14.9 Å². The fourth-order valence-electron chi connectivity index (χ4n) is 2.99. The lowest BCUT2D eigenvalue weighted by Gasteiger charge is -2.36. The molecule has 132 valence electrons. The monoisotopic (exact) mass is 342 g/mol. The van der Waals surface area contributed by atoms with Crippen molar-refractivity contribution >= 4 is 11.7 Å². The Morgan fingerprint density at radius 1 is 1.12 bits per heavy atom. The van der Waals surface area contributed by atoms with E-state index in [0.717, 1.165) is 24.6 Å². The fraction of sp³-hybridized carbons (Fsp3) is 0.421. The van der Waals surface area contributed by atoms with Crippen molar-refractivity contribution in [2.45, 2.75) is 20.8 Å². The van der Waals surface area contributed by atoms with Crippen molar-refractivity contribution in [2.75, 3.05) is 31.1 Å². The molecule has 5 nitrogen and oxygen atoms in total. The number of benzene rings is 1. The standard InChI is InChI=1S/C19H23FN4O/c1-13(2)19(25)24-9-7-23(8-10-24)17-11-14(3)21-18(22-17)15-5-4-6-16(20)12-15/h4-6,11-13H,7-10H2,1-3H3. The third kappa shape index (κ3) is 3.95. The van der Waals surface area contributed by atoms with Crippen LogP contribution < -0.4 is 4.90 Å². The van der Waals surface area contributed by atoms with Crippen molar-refractivity contribution in [2.24, 2.45) is 5.92 Å². The zero-order chi connectivity index (χ0) is 18.0. The molecule has 2 aromatic rings. The highest BCUT2D eigenvalue weighted by Gasteiger charge is 2.24. The van der Waals surface area contributed by atoms with Crippen molar-refractivity contribution in [1.29, 1.82) is 0 Å². The van der Waals surface area contributed by atoms with Crippen molar-refractivity contribution < 1.29 is 9.18 Å². The maximum Gasteiger partial charge on any atom is 0.225 e. The van der Waals surface area contributed by atoms with E-state index in [1.54, 1.807) is 12.1 Å². The lowest BCUT2D eigenvalue weighted by molar-refractivity contribution is -0.134. The van der Waals surface area contributed by atoms with Crippen LogP contribution in [-0.2, 0) is 4.79 Å². The van der Waals surface area contributed by atoms with Gasteiger partial charge in [0.2, 0.25) is 5.91 Å². The number of rotatable bonds is 3. The van der Waals surface area contributed by atoms with Gasteiger partial charge in [0.05, 0.1) is 0 Å². The summed E-state index contributed by atoms with van der Waals surface area (Å²) in [6.45, 7) is 8.60. The molecule has 0 unspecified atom stereocenters. The molecule has 0 aliphatic carbocycles. The number of piperazine rings is 1. The third-order valence-electron chi connectivity index (χ3n) is 4.33. The molecule has 0 bridgehead atoms. The summed E-state index contributed by atoms with van der Waals surface area (Å²) < 4.78 is 13.5. The van der Waals surface area contributed by atoms with E-state index in [0.29, 0.717) is 24.5 Å². The summed E-state index contributed by atoms with van der Waals surface area (Å²) >= 11 is 0. The first-order valence-electron chi connectivity index (χ1n) is 8.59. The van der Waals surface area contributed by atoms with Gasteiger partial charge in [-0.25, -0.2) is 14.4 Å². The Morgan fingerprint density at radius 2 is 1.84 bits per heavy atom. The molecule has 0 saturated carbocycles.